The van der Waals surface area contributed by atoms with Crippen molar-refractivity contribution in [1.29, 1.82) is 0 Å². The van der Waals surface area contributed by atoms with Crippen molar-refractivity contribution >= 4 is 45.7 Å². The van der Waals surface area contributed by atoms with Crippen LogP contribution >= 0.6 is 23.1 Å². The Morgan fingerprint density at radius 3 is 2.48 bits per heavy atom. The predicted octanol–water partition coefficient (Wildman–Crippen LogP) is 6.20. The van der Waals surface area contributed by atoms with Crippen LogP contribution in [-0.2, 0) is 11.0 Å². The Morgan fingerprint density at radius 1 is 1.09 bits per heavy atom. The normalized spacial score (nSPS) is 15.2. The first kappa shape index (κ1) is 23.1. The number of hydrogen-bond donors (Lipinski definition) is 3. The smallest absolute Gasteiger partial charge is 0.416 e. The van der Waals surface area contributed by atoms with Crippen molar-refractivity contribution in [1.82, 2.24) is 0 Å². The van der Waals surface area contributed by atoms with Gasteiger partial charge in [0, 0.05) is 27.1 Å². The van der Waals surface area contributed by atoms with Crippen LogP contribution < -0.4 is 10.6 Å². The van der Waals surface area contributed by atoms with Crippen LogP contribution in [0.5, 0.6) is 0 Å². The Kier molecular flexibility index (Phi) is 5.83. The summed E-state index contributed by atoms with van der Waals surface area (Å²) in [6.45, 7) is 1.36. The van der Waals surface area contributed by atoms with Crippen LogP contribution in [0.15, 0.2) is 40.6 Å². The number of carboxylic acid groups (broad SMARTS) is 1. The molecule has 33 heavy (non-hydrogen) atoms. The molecule has 172 valence electrons. The van der Waals surface area contributed by atoms with E-state index in [1.165, 1.54) is 30.5 Å². The first-order chi connectivity index (χ1) is 15.5. The van der Waals surface area contributed by atoms with Crippen LogP contribution in [0.1, 0.15) is 21.5 Å². The van der Waals surface area contributed by atoms with Crippen LogP contribution in [0, 0.1) is 18.6 Å². The summed E-state index contributed by atoms with van der Waals surface area (Å²) in [6.07, 6.45) is -4.55. The highest BCUT2D eigenvalue weighted by Crippen LogP contribution is 2.43. The molecule has 0 saturated carbocycles. The van der Waals surface area contributed by atoms with Crippen molar-refractivity contribution in [2.24, 2.45) is 0 Å². The van der Waals surface area contributed by atoms with E-state index in [-0.39, 0.29) is 27.4 Å². The molecule has 1 amide bonds. The minimum atomic E-state index is -4.55. The molecular weight excluding hydrogens is 487 g/mol. The molecule has 0 aliphatic carbocycles. The number of carbonyl (C=O) groups is 2. The van der Waals surface area contributed by atoms with Crippen LogP contribution in [0.4, 0.5) is 32.6 Å². The fourth-order valence-corrected chi connectivity index (χ4v) is 5.18. The molecule has 1 unspecified atom stereocenters. The highest BCUT2D eigenvalue weighted by atomic mass is 32.2. The predicted molar refractivity (Wildman–Crippen MR) is 115 cm³/mol. The summed E-state index contributed by atoms with van der Waals surface area (Å²) in [7, 11) is 0. The van der Waals surface area contributed by atoms with Gasteiger partial charge in [0.1, 0.15) is 10.6 Å². The van der Waals surface area contributed by atoms with Gasteiger partial charge in [0.15, 0.2) is 17.0 Å². The van der Waals surface area contributed by atoms with Gasteiger partial charge in [-0.15, -0.1) is 11.3 Å². The number of hydrogen-bond acceptors (Lipinski definition) is 5. The standard InChI is InChI=1S/C21H13F5N2O3S2/c1-8-2-4-10(16(23)15(8)22)11-7-32-18(14(11)20(30)31)28-17(29)19-27-12-6-9(21(24,25)26)3-5-13(12)33-19/h2-7,19,27H,1H3,(H,28,29)(H,30,31). The molecule has 1 aliphatic heterocycles. The van der Waals surface area contributed by atoms with Gasteiger partial charge in [-0.3, -0.25) is 4.79 Å². The van der Waals surface area contributed by atoms with Crippen molar-refractivity contribution in [3.63, 3.8) is 0 Å². The number of thiophene rings is 1. The fourth-order valence-electron chi connectivity index (χ4n) is 3.23. The van der Waals surface area contributed by atoms with E-state index in [9.17, 15) is 36.6 Å². The molecule has 1 aromatic heterocycles. The summed E-state index contributed by atoms with van der Waals surface area (Å²) < 4.78 is 67.2. The second-order valence-corrected chi connectivity index (χ2v) is 9.08. The minimum absolute atomic E-state index is 0.0504. The van der Waals surface area contributed by atoms with Crippen molar-refractivity contribution in [2.75, 3.05) is 10.6 Å². The Bertz CT molecular complexity index is 1290. The maximum atomic E-state index is 14.4. The van der Waals surface area contributed by atoms with E-state index in [4.69, 9.17) is 0 Å². The summed E-state index contributed by atoms with van der Waals surface area (Å²) in [4.78, 5) is 25.0. The van der Waals surface area contributed by atoms with E-state index in [2.05, 4.69) is 10.6 Å². The summed E-state index contributed by atoms with van der Waals surface area (Å²) in [5.41, 5.74) is -1.50. The van der Waals surface area contributed by atoms with Gasteiger partial charge >= 0.3 is 12.1 Å². The lowest BCUT2D eigenvalue weighted by atomic mass is 10.0. The number of rotatable bonds is 4. The van der Waals surface area contributed by atoms with Crippen molar-refractivity contribution in [3.05, 3.63) is 64.0 Å². The van der Waals surface area contributed by atoms with Gasteiger partial charge < -0.3 is 15.7 Å². The first-order valence-electron chi connectivity index (χ1n) is 9.22. The van der Waals surface area contributed by atoms with E-state index < -0.39 is 46.2 Å². The Labute approximate surface area is 191 Å². The Morgan fingerprint density at radius 2 is 1.82 bits per heavy atom. The SMILES string of the molecule is Cc1ccc(-c2csc(NC(=O)C3Nc4cc(C(F)(F)F)ccc4S3)c2C(=O)O)c(F)c1F. The third-order valence-electron chi connectivity index (χ3n) is 4.88. The van der Waals surface area contributed by atoms with Crippen LogP contribution in [0.25, 0.3) is 11.1 Å². The van der Waals surface area contributed by atoms with E-state index in [0.29, 0.717) is 4.90 Å². The average molecular weight is 500 g/mol. The number of aromatic carboxylic acids is 1. The maximum Gasteiger partial charge on any atom is 0.416 e. The van der Waals surface area contributed by atoms with Crippen LogP contribution in [0.3, 0.4) is 0 Å². The fraction of sp³-hybridized carbons (Fsp3) is 0.143. The zero-order valence-electron chi connectivity index (χ0n) is 16.5. The zero-order valence-corrected chi connectivity index (χ0v) is 18.1. The first-order valence-corrected chi connectivity index (χ1v) is 11.0. The Hall–Kier alpha value is -3.12. The topological polar surface area (TPSA) is 78.4 Å². The number of fused-ring (bicyclic) bond motifs is 1. The quantitative estimate of drug-likeness (QED) is 0.372. The Balaban J connectivity index is 1.59. The van der Waals surface area contributed by atoms with Gasteiger partial charge in [0.05, 0.1) is 5.56 Å². The third-order valence-corrected chi connectivity index (χ3v) is 6.96. The van der Waals surface area contributed by atoms with Crippen LogP contribution in [-0.4, -0.2) is 22.4 Å². The molecule has 2 aromatic carbocycles. The molecule has 0 saturated heterocycles. The van der Waals surface area contributed by atoms with Crippen molar-refractivity contribution in [2.45, 2.75) is 23.4 Å². The lowest BCUT2D eigenvalue weighted by molar-refractivity contribution is -0.137. The number of carboxylic acids is 1. The summed E-state index contributed by atoms with van der Waals surface area (Å²) in [6, 6.07) is 5.58. The van der Waals surface area contributed by atoms with Gasteiger partial charge in [-0.05, 0) is 30.7 Å². The van der Waals surface area contributed by atoms with E-state index in [0.717, 1.165) is 35.2 Å². The molecule has 0 spiro atoms. The highest BCUT2D eigenvalue weighted by Gasteiger charge is 2.35. The molecule has 0 radical (unpaired) electrons. The molecule has 1 atom stereocenters. The number of alkyl halides is 3. The number of thioether (sulfide) groups is 1. The second-order valence-electron chi connectivity index (χ2n) is 7.06. The molecule has 3 aromatic rings. The lowest BCUT2D eigenvalue weighted by Gasteiger charge is -2.12. The van der Waals surface area contributed by atoms with Gasteiger partial charge in [0.25, 0.3) is 5.91 Å². The molecule has 1 aliphatic rings. The molecule has 0 bridgehead atoms. The van der Waals surface area contributed by atoms with Gasteiger partial charge in [0.2, 0.25) is 0 Å². The van der Waals surface area contributed by atoms with Crippen LogP contribution in [0.2, 0.25) is 0 Å². The largest absolute Gasteiger partial charge is 0.478 e. The summed E-state index contributed by atoms with van der Waals surface area (Å²) in [5, 5.41) is 14.9. The van der Waals surface area contributed by atoms with E-state index >= 15 is 0 Å². The molecule has 4 rings (SSSR count). The number of halogens is 5. The molecule has 3 N–H and O–H groups in total. The van der Waals surface area contributed by atoms with Gasteiger partial charge in [-0.2, -0.15) is 13.2 Å². The van der Waals surface area contributed by atoms with E-state index in [1.54, 1.807) is 0 Å². The van der Waals surface area contributed by atoms with E-state index in [1.807, 2.05) is 0 Å². The molecule has 5 nitrogen and oxygen atoms in total. The van der Waals surface area contributed by atoms with Gasteiger partial charge in [-0.25, -0.2) is 13.6 Å². The number of nitrogens with one attached hydrogen (secondary N) is 2. The number of amides is 1. The number of anilines is 2. The average Bonchev–Trinajstić information content (AvgIpc) is 3.35. The molecule has 0 fully saturated rings. The number of carbonyl (C=O) groups excluding carboxylic acids is 1. The number of aryl methyl sites for hydroxylation is 1. The highest BCUT2D eigenvalue weighted by molar-refractivity contribution is 8.01. The summed E-state index contributed by atoms with van der Waals surface area (Å²) in [5.74, 6) is -4.50. The zero-order chi connectivity index (χ0) is 24.1. The third kappa shape index (κ3) is 4.27. The van der Waals surface area contributed by atoms with Crippen molar-refractivity contribution < 1.29 is 36.6 Å². The number of benzene rings is 2. The van der Waals surface area contributed by atoms with Crippen molar-refractivity contribution in [3.8, 4) is 11.1 Å². The summed E-state index contributed by atoms with van der Waals surface area (Å²) >= 11 is 1.77. The van der Waals surface area contributed by atoms with Gasteiger partial charge in [-0.1, -0.05) is 23.9 Å². The second kappa shape index (κ2) is 8.34. The monoisotopic (exact) mass is 500 g/mol. The molecule has 2 heterocycles. The lowest BCUT2D eigenvalue weighted by Crippen LogP contribution is -2.29. The maximum absolute atomic E-state index is 14.4. The molecular formula is C21H13F5N2O3S2. The molecule has 12 heteroatoms. The minimum Gasteiger partial charge on any atom is -0.478 e.